The molecule has 0 amide bonds. The predicted octanol–water partition coefficient (Wildman–Crippen LogP) is 3.54. The van der Waals surface area contributed by atoms with Crippen LogP contribution in [0.2, 0.25) is 0 Å². The Bertz CT molecular complexity index is 317. The first-order valence-electron chi connectivity index (χ1n) is 8.92. The first-order chi connectivity index (χ1) is 9.81. The Hall–Kier alpha value is -0.340. The normalized spacial score (nSPS) is 37.1. The summed E-state index contributed by atoms with van der Waals surface area (Å²) in [6.07, 6.45) is 14.6. The van der Waals surface area contributed by atoms with Crippen molar-refractivity contribution in [1.82, 2.24) is 9.80 Å². The molecule has 3 rings (SSSR count). The van der Waals surface area contributed by atoms with Gasteiger partial charge in [0.15, 0.2) is 0 Å². The zero-order valence-corrected chi connectivity index (χ0v) is 13.3. The van der Waals surface area contributed by atoms with Crippen LogP contribution >= 0.6 is 0 Å². The van der Waals surface area contributed by atoms with Gasteiger partial charge in [-0.15, -0.1) is 0 Å². The van der Waals surface area contributed by atoms with Gasteiger partial charge in [-0.3, -0.25) is 4.90 Å². The minimum atomic E-state index is 0.901. The minimum absolute atomic E-state index is 0.901. The molecule has 114 valence electrons. The molecular formula is C18H32N2. The summed E-state index contributed by atoms with van der Waals surface area (Å²) in [6, 6.07) is 0.901. The van der Waals surface area contributed by atoms with Gasteiger partial charge in [0.2, 0.25) is 0 Å². The number of rotatable bonds is 3. The monoisotopic (exact) mass is 276 g/mol. The molecule has 0 unspecified atom stereocenters. The van der Waals surface area contributed by atoms with Crippen LogP contribution in [0.15, 0.2) is 12.2 Å². The summed E-state index contributed by atoms with van der Waals surface area (Å²) in [5.41, 5.74) is 0. The van der Waals surface area contributed by atoms with E-state index >= 15 is 0 Å². The van der Waals surface area contributed by atoms with E-state index in [0.29, 0.717) is 0 Å². The van der Waals surface area contributed by atoms with Crippen LogP contribution in [0.1, 0.15) is 51.9 Å². The van der Waals surface area contributed by atoms with E-state index in [-0.39, 0.29) is 0 Å². The first kappa shape index (κ1) is 14.6. The molecule has 0 aromatic rings. The largest absolute Gasteiger partial charge is 0.301 e. The van der Waals surface area contributed by atoms with E-state index in [1.807, 2.05) is 0 Å². The van der Waals surface area contributed by atoms with Gasteiger partial charge in [0.25, 0.3) is 0 Å². The molecule has 1 heterocycles. The van der Waals surface area contributed by atoms with E-state index in [4.69, 9.17) is 0 Å². The SMILES string of the molecule is C[C@@H]1CCC[C@@H](N2CCN(C[C@@H]3CC=CCC3)CC2)C1. The summed E-state index contributed by atoms with van der Waals surface area (Å²) < 4.78 is 0. The second kappa shape index (κ2) is 7.09. The van der Waals surface area contributed by atoms with Crippen LogP contribution < -0.4 is 0 Å². The summed E-state index contributed by atoms with van der Waals surface area (Å²) in [5.74, 6) is 1.89. The van der Waals surface area contributed by atoms with Crippen LogP contribution in [0.3, 0.4) is 0 Å². The molecule has 0 bridgehead atoms. The van der Waals surface area contributed by atoms with E-state index in [9.17, 15) is 0 Å². The lowest BCUT2D eigenvalue weighted by Crippen LogP contribution is -2.52. The van der Waals surface area contributed by atoms with Gasteiger partial charge in [-0.05, 0) is 43.9 Å². The number of hydrogen-bond acceptors (Lipinski definition) is 2. The molecule has 0 aromatic carbocycles. The highest BCUT2D eigenvalue weighted by atomic mass is 15.3. The lowest BCUT2D eigenvalue weighted by molar-refractivity contribution is 0.0613. The van der Waals surface area contributed by atoms with Gasteiger partial charge < -0.3 is 4.90 Å². The van der Waals surface area contributed by atoms with Crippen molar-refractivity contribution >= 4 is 0 Å². The molecule has 1 saturated carbocycles. The van der Waals surface area contributed by atoms with Crippen LogP contribution in [0.25, 0.3) is 0 Å². The van der Waals surface area contributed by atoms with Crippen molar-refractivity contribution in [1.29, 1.82) is 0 Å². The fourth-order valence-corrected chi connectivity index (χ4v) is 4.43. The average molecular weight is 276 g/mol. The van der Waals surface area contributed by atoms with Gasteiger partial charge in [-0.25, -0.2) is 0 Å². The van der Waals surface area contributed by atoms with Crippen molar-refractivity contribution in [2.75, 3.05) is 32.7 Å². The third kappa shape index (κ3) is 3.85. The van der Waals surface area contributed by atoms with Crippen molar-refractivity contribution in [3.8, 4) is 0 Å². The summed E-state index contributed by atoms with van der Waals surface area (Å²) in [6.45, 7) is 9.05. The number of nitrogens with zero attached hydrogens (tertiary/aromatic N) is 2. The summed E-state index contributed by atoms with van der Waals surface area (Å²) in [7, 11) is 0. The van der Waals surface area contributed by atoms with Gasteiger partial charge in [0, 0.05) is 38.8 Å². The van der Waals surface area contributed by atoms with Crippen LogP contribution in [0.5, 0.6) is 0 Å². The second-order valence-electron chi connectivity index (χ2n) is 7.41. The summed E-state index contributed by atoms with van der Waals surface area (Å²) in [5, 5.41) is 0. The van der Waals surface area contributed by atoms with Crippen molar-refractivity contribution in [3.05, 3.63) is 12.2 Å². The molecule has 0 spiro atoms. The van der Waals surface area contributed by atoms with Crippen LogP contribution in [0, 0.1) is 11.8 Å². The quantitative estimate of drug-likeness (QED) is 0.728. The highest BCUT2D eigenvalue weighted by Gasteiger charge is 2.28. The molecule has 2 aliphatic carbocycles. The molecule has 3 aliphatic rings. The summed E-state index contributed by atoms with van der Waals surface area (Å²) in [4.78, 5) is 5.53. The highest BCUT2D eigenvalue weighted by molar-refractivity contribution is 4.91. The van der Waals surface area contributed by atoms with Gasteiger partial charge in [-0.2, -0.15) is 0 Å². The standard InChI is InChI=1S/C18H32N2/c1-16-6-5-9-18(14-16)20-12-10-19(11-13-20)15-17-7-3-2-4-8-17/h2-3,16-18H,4-15H2,1H3/t16-,17-,18-/m1/s1. The molecule has 1 aliphatic heterocycles. The maximum absolute atomic E-state index is 2.80. The van der Waals surface area contributed by atoms with Crippen molar-refractivity contribution < 1.29 is 0 Å². The maximum Gasteiger partial charge on any atom is 0.0113 e. The number of piperazine rings is 1. The molecule has 0 radical (unpaired) electrons. The Balaban J connectivity index is 1.41. The summed E-state index contributed by atoms with van der Waals surface area (Å²) >= 11 is 0. The van der Waals surface area contributed by atoms with E-state index < -0.39 is 0 Å². The maximum atomic E-state index is 2.80. The fraction of sp³-hybridized carbons (Fsp3) is 0.889. The zero-order valence-electron chi connectivity index (χ0n) is 13.3. The lowest BCUT2D eigenvalue weighted by Gasteiger charge is -2.42. The van der Waals surface area contributed by atoms with E-state index in [1.54, 1.807) is 0 Å². The van der Waals surface area contributed by atoms with Gasteiger partial charge in [0.05, 0.1) is 0 Å². The fourth-order valence-electron chi connectivity index (χ4n) is 4.43. The third-order valence-electron chi connectivity index (χ3n) is 5.73. The molecule has 2 heteroatoms. The second-order valence-corrected chi connectivity index (χ2v) is 7.41. The predicted molar refractivity (Wildman–Crippen MR) is 85.9 cm³/mol. The van der Waals surface area contributed by atoms with Gasteiger partial charge in [-0.1, -0.05) is 31.9 Å². The number of allylic oxidation sites excluding steroid dienone is 2. The zero-order chi connectivity index (χ0) is 13.8. The van der Waals surface area contributed by atoms with E-state index in [0.717, 1.165) is 17.9 Å². The third-order valence-corrected chi connectivity index (χ3v) is 5.73. The molecule has 1 saturated heterocycles. The van der Waals surface area contributed by atoms with Crippen molar-refractivity contribution in [2.24, 2.45) is 11.8 Å². The van der Waals surface area contributed by atoms with Gasteiger partial charge in [0.1, 0.15) is 0 Å². The Kier molecular flexibility index (Phi) is 5.17. The first-order valence-corrected chi connectivity index (χ1v) is 8.92. The number of hydrogen-bond donors (Lipinski definition) is 0. The Morgan fingerprint density at radius 1 is 1.00 bits per heavy atom. The highest BCUT2D eigenvalue weighted by Crippen LogP contribution is 2.28. The smallest absolute Gasteiger partial charge is 0.0113 e. The minimum Gasteiger partial charge on any atom is -0.301 e. The molecule has 20 heavy (non-hydrogen) atoms. The van der Waals surface area contributed by atoms with E-state index in [2.05, 4.69) is 28.9 Å². The van der Waals surface area contributed by atoms with Crippen LogP contribution in [0.4, 0.5) is 0 Å². The Labute approximate surface area is 125 Å². The van der Waals surface area contributed by atoms with Crippen molar-refractivity contribution in [3.63, 3.8) is 0 Å². The van der Waals surface area contributed by atoms with Gasteiger partial charge >= 0.3 is 0 Å². The van der Waals surface area contributed by atoms with Crippen LogP contribution in [-0.4, -0.2) is 48.6 Å². The topological polar surface area (TPSA) is 6.48 Å². The molecule has 0 aromatic heterocycles. The Morgan fingerprint density at radius 3 is 2.55 bits per heavy atom. The van der Waals surface area contributed by atoms with Crippen molar-refractivity contribution in [2.45, 2.75) is 57.9 Å². The molecule has 3 atom stereocenters. The molecular weight excluding hydrogens is 244 g/mol. The van der Waals surface area contributed by atoms with E-state index in [1.165, 1.54) is 77.7 Å². The average Bonchev–Trinajstić information content (AvgIpc) is 2.49. The molecule has 0 N–H and O–H groups in total. The molecule has 2 nitrogen and oxygen atoms in total. The lowest BCUT2D eigenvalue weighted by atomic mass is 9.86. The van der Waals surface area contributed by atoms with Crippen LogP contribution in [-0.2, 0) is 0 Å². The Morgan fingerprint density at radius 2 is 1.85 bits per heavy atom. The molecule has 2 fully saturated rings.